The van der Waals surface area contributed by atoms with Gasteiger partial charge in [0.15, 0.2) is 0 Å². The van der Waals surface area contributed by atoms with Crippen molar-refractivity contribution < 1.29 is 14.6 Å². The molecule has 0 saturated heterocycles. The number of aliphatic hydroxyl groups excluding tert-OH is 1. The number of benzene rings is 2. The third-order valence-electron chi connectivity index (χ3n) is 4.69. The van der Waals surface area contributed by atoms with E-state index in [0.29, 0.717) is 29.1 Å². The minimum absolute atomic E-state index is 0.238. The summed E-state index contributed by atoms with van der Waals surface area (Å²) in [6.45, 7) is 4.15. The van der Waals surface area contributed by atoms with Crippen LogP contribution in [0, 0.1) is 5.92 Å². The second-order valence-corrected chi connectivity index (χ2v) is 7.20. The van der Waals surface area contributed by atoms with Crippen LogP contribution < -0.4 is 15.0 Å². The van der Waals surface area contributed by atoms with E-state index in [1.165, 1.54) is 4.68 Å². The average molecular weight is 394 g/mol. The molecule has 0 amide bonds. The summed E-state index contributed by atoms with van der Waals surface area (Å²) in [4.78, 5) is 13.0. The Morgan fingerprint density at radius 2 is 1.45 bits per heavy atom. The number of methoxy groups -OCH3 is 2. The number of ether oxygens (including phenoxy) is 2. The standard InChI is InChI=1S/C23H26N2O4/c1-15(2)13-25-23(27)20(14-26)21(16-5-9-18(28-3)10-6-16)22(24-25)17-7-11-19(29-4)12-8-17/h5-12,15,26H,13-14H2,1-4H3. The third kappa shape index (κ3) is 4.32. The molecular weight excluding hydrogens is 368 g/mol. The molecule has 3 rings (SSSR count). The Morgan fingerprint density at radius 3 is 1.90 bits per heavy atom. The summed E-state index contributed by atoms with van der Waals surface area (Å²) in [7, 11) is 3.22. The van der Waals surface area contributed by atoms with Gasteiger partial charge in [-0.1, -0.05) is 26.0 Å². The van der Waals surface area contributed by atoms with Gasteiger partial charge in [-0.05, 0) is 47.9 Å². The smallest absolute Gasteiger partial charge is 0.272 e. The van der Waals surface area contributed by atoms with Crippen LogP contribution in [0.3, 0.4) is 0 Å². The van der Waals surface area contributed by atoms with Gasteiger partial charge in [-0.15, -0.1) is 0 Å². The topological polar surface area (TPSA) is 73.6 Å². The Bertz CT molecular complexity index is 1020. The molecule has 1 N–H and O–H groups in total. The molecule has 6 nitrogen and oxygen atoms in total. The van der Waals surface area contributed by atoms with Crippen LogP contribution >= 0.6 is 0 Å². The Morgan fingerprint density at radius 1 is 0.931 bits per heavy atom. The molecule has 29 heavy (non-hydrogen) atoms. The first kappa shape index (κ1) is 20.6. The van der Waals surface area contributed by atoms with E-state index >= 15 is 0 Å². The summed E-state index contributed by atoms with van der Waals surface area (Å²) >= 11 is 0. The highest BCUT2D eigenvalue weighted by Crippen LogP contribution is 2.34. The fourth-order valence-corrected chi connectivity index (χ4v) is 3.26. The lowest BCUT2D eigenvalue weighted by molar-refractivity contribution is 0.278. The molecule has 3 aromatic rings. The van der Waals surface area contributed by atoms with Crippen LogP contribution in [0.2, 0.25) is 0 Å². The lowest BCUT2D eigenvalue weighted by Crippen LogP contribution is -2.29. The maximum Gasteiger partial charge on any atom is 0.272 e. The number of aliphatic hydroxyl groups is 1. The highest BCUT2D eigenvalue weighted by Gasteiger charge is 2.20. The molecule has 0 bridgehead atoms. The monoisotopic (exact) mass is 394 g/mol. The largest absolute Gasteiger partial charge is 0.497 e. The summed E-state index contributed by atoms with van der Waals surface area (Å²) in [6, 6.07) is 14.9. The molecule has 0 fully saturated rings. The molecule has 1 heterocycles. The van der Waals surface area contributed by atoms with Gasteiger partial charge in [0.1, 0.15) is 11.5 Å². The van der Waals surface area contributed by atoms with Crippen molar-refractivity contribution in [3.8, 4) is 33.9 Å². The van der Waals surface area contributed by atoms with E-state index < -0.39 is 0 Å². The van der Waals surface area contributed by atoms with Gasteiger partial charge in [0, 0.05) is 17.7 Å². The fourth-order valence-electron chi connectivity index (χ4n) is 3.26. The van der Waals surface area contributed by atoms with Crippen molar-refractivity contribution in [3.63, 3.8) is 0 Å². The van der Waals surface area contributed by atoms with E-state index in [1.807, 2.05) is 62.4 Å². The molecule has 0 aliphatic rings. The highest BCUT2D eigenvalue weighted by molar-refractivity contribution is 5.83. The van der Waals surface area contributed by atoms with Gasteiger partial charge in [-0.2, -0.15) is 5.10 Å². The van der Waals surface area contributed by atoms with Gasteiger partial charge in [0.2, 0.25) is 0 Å². The molecule has 2 aromatic carbocycles. The summed E-state index contributed by atoms with van der Waals surface area (Å²) < 4.78 is 11.9. The molecule has 6 heteroatoms. The van der Waals surface area contributed by atoms with Crippen molar-refractivity contribution in [1.29, 1.82) is 0 Å². The molecule has 0 unspecified atom stereocenters. The van der Waals surface area contributed by atoms with E-state index in [4.69, 9.17) is 9.47 Å². The maximum atomic E-state index is 13.0. The second-order valence-electron chi connectivity index (χ2n) is 7.20. The molecule has 0 aliphatic heterocycles. The quantitative estimate of drug-likeness (QED) is 0.661. The number of hydrogen-bond acceptors (Lipinski definition) is 5. The van der Waals surface area contributed by atoms with Crippen molar-refractivity contribution >= 4 is 0 Å². The van der Waals surface area contributed by atoms with Crippen LogP contribution in [-0.2, 0) is 13.2 Å². The van der Waals surface area contributed by atoms with E-state index in [9.17, 15) is 9.90 Å². The van der Waals surface area contributed by atoms with Gasteiger partial charge in [-0.3, -0.25) is 4.79 Å². The van der Waals surface area contributed by atoms with Crippen molar-refractivity contribution in [2.75, 3.05) is 14.2 Å². The van der Waals surface area contributed by atoms with E-state index in [2.05, 4.69) is 5.10 Å². The number of aromatic nitrogens is 2. The molecule has 0 spiro atoms. The van der Waals surface area contributed by atoms with E-state index in [1.54, 1.807) is 14.2 Å². The Hall–Kier alpha value is -3.12. The molecule has 0 radical (unpaired) electrons. The first-order valence-electron chi connectivity index (χ1n) is 9.52. The van der Waals surface area contributed by atoms with Crippen molar-refractivity contribution in [2.24, 2.45) is 5.92 Å². The molecule has 0 saturated carbocycles. The Labute approximate surface area is 170 Å². The van der Waals surface area contributed by atoms with Crippen LogP contribution in [-0.4, -0.2) is 29.1 Å². The predicted molar refractivity (Wildman–Crippen MR) is 113 cm³/mol. The molecule has 0 aliphatic carbocycles. The van der Waals surface area contributed by atoms with E-state index in [-0.39, 0.29) is 18.1 Å². The zero-order chi connectivity index (χ0) is 21.0. The molecular formula is C23H26N2O4. The van der Waals surface area contributed by atoms with Gasteiger partial charge in [-0.25, -0.2) is 4.68 Å². The molecule has 0 atom stereocenters. The minimum Gasteiger partial charge on any atom is -0.497 e. The lowest BCUT2D eigenvalue weighted by atomic mass is 9.95. The van der Waals surface area contributed by atoms with Gasteiger partial charge in [0.25, 0.3) is 5.56 Å². The van der Waals surface area contributed by atoms with Gasteiger partial charge in [0.05, 0.1) is 32.1 Å². The number of hydrogen-bond donors (Lipinski definition) is 1. The summed E-state index contributed by atoms with van der Waals surface area (Å²) in [5.74, 6) is 1.69. The van der Waals surface area contributed by atoms with Gasteiger partial charge < -0.3 is 14.6 Å². The normalized spacial score (nSPS) is 11.0. The van der Waals surface area contributed by atoms with Crippen LogP contribution in [0.1, 0.15) is 19.4 Å². The molecule has 1 aromatic heterocycles. The first-order chi connectivity index (χ1) is 14.0. The van der Waals surface area contributed by atoms with Crippen molar-refractivity contribution in [3.05, 3.63) is 64.4 Å². The average Bonchev–Trinajstić information content (AvgIpc) is 2.74. The Balaban J connectivity index is 2.29. The van der Waals surface area contributed by atoms with Crippen LogP contribution in [0.4, 0.5) is 0 Å². The van der Waals surface area contributed by atoms with Crippen LogP contribution in [0.25, 0.3) is 22.4 Å². The predicted octanol–water partition coefficient (Wildman–Crippen LogP) is 3.74. The zero-order valence-electron chi connectivity index (χ0n) is 17.2. The zero-order valence-corrected chi connectivity index (χ0v) is 17.2. The maximum absolute atomic E-state index is 13.0. The Kier molecular flexibility index (Phi) is 6.34. The summed E-state index contributed by atoms with van der Waals surface area (Å²) in [5, 5.41) is 14.8. The lowest BCUT2D eigenvalue weighted by Gasteiger charge is -2.18. The van der Waals surface area contributed by atoms with Gasteiger partial charge >= 0.3 is 0 Å². The SMILES string of the molecule is COc1ccc(-c2nn(CC(C)C)c(=O)c(CO)c2-c2ccc(OC)cc2)cc1. The number of rotatable bonds is 7. The second kappa shape index (κ2) is 8.92. The molecule has 152 valence electrons. The minimum atomic E-state index is -0.371. The van der Waals surface area contributed by atoms with Crippen molar-refractivity contribution in [2.45, 2.75) is 27.0 Å². The fraction of sp³-hybridized carbons (Fsp3) is 0.304. The summed E-state index contributed by atoms with van der Waals surface area (Å²) in [5.41, 5.74) is 2.96. The first-order valence-corrected chi connectivity index (χ1v) is 9.52. The number of nitrogens with zero attached hydrogens (tertiary/aromatic N) is 2. The van der Waals surface area contributed by atoms with Crippen LogP contribution in [0.5, 0.6) is 11.5 Å². The highest BCUT2D eigenvalue weighted by atomic mass is 16.5. The third-order valence-corrected chi connectivity index (χ3v) is 4.69. The summed E-state index contributed by atoms with van der Waals surface area (Å²) in [6.07, 6.45) is 0. The van der Waals surface area contributed by atoms with Crippen molar-refractivity contribution in [1.82, 2.24) is 9.78 Å². The van der Waals surface area contributed by atoms with Crippen LogP contribution in [0.15, 0.2) is 53.3 Å². The van der Waals surface area contributed by atoms with E-state index in [0.717, 1.165) is 16.9 Å².